The predicted octanol–water partition coefficient (Wildman–Crippen LogP) is 3.71. The highest BCUT2D eigenvalue weighted by Crippen LogP contribution is 2.28. The van der Waals surface area contributed by atoms with Gasteiger partial charge < -0.3 is 14.6 Å². The van der Waals surface area contributed by atoms with Gasteiger partial charge in [-0.2, -0.15) is 5.26 Å². The van der Waals surface area contributed by atoms with Crippen molar-refractivity contribution in [3.8, 4) is 40.4 Å². The van der Waals surface area contributed by atoms with Crippen LogP contribution in [0.1, 0.15) is 19.5 Å². The molecule has 0 radical (unpaired) electrons. The second-order valence-corrected chi connectivity index (χ2v) is 8.44. The largest absolute Gasteiger partial charge is 0.415 e. The predicted molar refractivity (Wildman–Crippen MR) is 130 cm³/mol. The second kappa shape index (κ2) is 9.77. The summed E-state index contributed by atoms with van der Waals surface area (Å²) in [4.78, 5) is 15.5. The minimum Gasteiger partial charge on any atom is -0.415 e. The molecule has 0 bridgehead atoms. The van der Waals surface area contributed by atoms with Crippen molar-refractivity contribution in [3.63, 3.8) is 0 Å². The van der Waals surface area contributed by atoms with Gasteiger partial charge in [-0.05, 0) is 57.3 Å². The molecule has 0 saturated heterocycles. The van der Waals surface area contributed by atoms with Crippen LogP contribution in [0, 0.1) is 11.3 Å². The number of nitrogens with zero attached hydrogens (tertiary/aromatic N) is 7. The summed E-state index contributed by atoms with van der Waals surface area (Å²) < 4.78 is 5.90. The summed E-state index contributed by atoms with van der Waals surface area (Å²) in [7, 11) is 3.99. The maximum atomic E-state index is 9.42. The van der Waals surface area contributed by atoms with E-state index in [2.05, 4.69) is 48.5 Å². The monoisotopic (exact) mass is 454 g/mol. The standard InChI is InChI=1S/C25H26N8O/c1-25(2,16-26)22-13-18(9-10-29-22)20-14-28-15-21(30-20)24-32-31-23(34-24)17-5-7-19(8-6-17)33(4)12-11-27-3/h5-10,13-15,27H,11-12H2,1-4H3. The van der Waals surface area contributed by atoms with Crippen molar-refractivity contribution in [1.29, 1.82) is 5.26 Å². The molecular weight excluding hydrogens is 428 g/mol. The molecule has 0 aliphatic heterocycles. The number of nitriles is 1. The average molecular weight is 455 g/mol. The Morgan fingerprint density at radius 1 is 1.03 bits per heavy atom. The molecule has 34 heavy (non-hydrogen) atoms. The number of benzene rings is 1. The van der Waals surface area contributed by atoms with Crippen LogP contribution in [0.25, 0.3) is 34.3 Å². The second-order valence-electron chi connectivity index (χ2n) is 8.44. The summed E-state index contributed by atoms with van der Waals surface area (Å²) in [6.45, 7) is 5.47. The molecule has 0 amide bonds. The van der Waals surface area contributed by atoms with E-state index in [9.17, 15) is 5.26 Å². The molecule has 3 heterocycles. The lowest BCUT2D eigenvalue weighted by atomic mass is 9.90. The highest BCUT2D eigenvalue weighted by molar-refractivity contribution is 5.63. The van der Waals surface area contributed by atoms with Crippen LogP contribution in [-0.2, 0) is 5.41 Å². The molecule has 4 aromatic rings. The van der Waals surface area contributed by atoms with Crippen LogP contribution < -0.4 is 10.2 Å². The fraction of sp³-hybridized carbons (Fsp3) is 0.280. The molecule has 0 fully saturated rings. The molecule has 1 aromatic carbocycles. The van der Waals surface area contributed by atoms with E-state index in [0.29, 0.717) is 23.0 Å². The molecule has 3 aromatic heterocycles. The van der Waals surface area contributed by atoms with E-state index in [1.54, 1.807) is 18.6 Å². The van der Waals surface area contributed by atoms with E-state index in [-0.39, 0.29) is 5.89 Å². The van der Waals surface area contributed by atoms with Crippen molar-refractivity contribution >= 4 is 5.69 Å². The molecule has 1 N–H and O–H groups in total. The van der Waals surface area contributed by atoms with E-state index in [1.165, 1.54) is 0 Å². The highest BCUT2D eigenvalue weighted by Gasteiger charge is 2.22. The first kappa shape index (κ1) is 23.0. The Labute approximate surface area is 198 Å². The third kappa shape index (κ3) is 4.92. The molecule has 0 saturated carbocycles. The van der Waals surface area contributed by atoms with E-state index in [0.717, 1.165) is 29.9 Å². The van der Waals surface area contributed by atoms with Crippen LogP contribution in [0.3, 0.4) is 0 Å². The molecule has 9 heteroatoms. The molecule has 172 valence electrons. The lowest BCUT2D eigenvalue weighted by Gasteiger charge is -2.19. The van der Waals surface area contributed by atoms with Gasteiger partial charge in [0.2, 0.25) is 5.89 Å². The lowest BCUT2D eigenvalue weighted by molar-refractivity contribution is 0.582. The number of pyridine rings is 1. The topological polar surface area (TPSA) is 117 Å². The molecule has 4 rings (SSSR count). The van der Waals surface area contributed by atoms with Gasteiger partial charge in [0.15, 0.2) is 0 Å². The first-order valence-electron chi connectivity index (χ1n) is 10.9. The minimum atomic E-state index is -0.709. The van der Waals surface area contributed by atoms with Crippen molar-refractivity contribution in [2.45, 2.75) is 19.3 Å². The van der Waals surface area contributed by atoms with Gasteiger partial charge in [0.25, 0.3) is 5.89 Å². The summed E-state index contributed by atoms with van der Waals surface area (Å²) in [6.07, 6.45) is 4.91. The van der Waals surface area contributed by atoms with Gasteiger partial charge in [0, 0.05) is 43.1 Å². The van der Waals surface area contributed by atoms with Crippen LogP contribution in [0.15, 0.2) is 59.4 Å². The maximum Gasteiger partial charge on any atom is 0.268 e. The molecule has 0 unspecified atom stereocenters. The van der Waals surface area contributed by atoms with E-state index in [1.807, 2.05) is 57.3 Å². The smallest absolute Gasteiger partial charge is 0.268 e. The van der Waals surface area contributed by atoms with Gasteiger partial charge in [-0.15, -0.1) is 10.2 Å². The summed E-state index contributed by atoms with van der Waals surface area (Å²) in [6, 6.07) is 13.9. The number of nitrogens with one attached hydrogen (secondary N) is 1. The van der Waals surface area contributed by atoms with Gasteiger partial charge in [-0.1, -0.05) is 0 Å². The Bertz CT molecular complexity index is 1310. The van der Waals surface area contributed by atoms with E-state index in [4.69, 9.17) is 4.42 Å². The van der Waals surface area contributed by atoms with Crippen LogP contribution in [0.2, 0.25) is 0 Å². The fourth-order valence-corrected chi connectivity index (χ4v) is 3.31. The molecule has 9 nitrogen and oxygen atoms in total. The Kier molecular flexibility index (Phi) is 6.61. The van der Waals surface area contributed by atoms with Crippen molar-refractivity contribution in [3.05, 3.63) is 60.7 Å². The Hall–Kier alpha value is -4.16. The Balaban J connectivity index is 1.57. The SMILES string of the molecule is CNCCN(C)c1ccc(-c2nnc(-c3cncc(-c4ccnc(C(C)(C)C#N)c4)n3)o2)cc1. The Morgan fingerprint density at radius 2 is 1.76 bits per heavy atom. The zero-order valence-corrected chi connectivity index (χ0v) is 19.6. The fourth-order valence-electron chi connectivity index (χ4n) is 3.31. The van der Waals surface area contributed by atoms with Crippen molar-refractivity contribution in [2.75, 3.05) is 32.1 Å². The first-order valence-corrected chi connectivity index (χ1v) is 10.9. The molecule has 0 aliphatic carbocycles. The Morgan fingerprint density at radius 3 is 2.50 bits per heavy atom. The van der Waals surface area contributed by atoms with Crippen LogP contribution in [0.4, 0.5) is 5.69 Å². The van der Waals surface area contributed by atoms with Gasteiger partial charge in [-0.3, -0.25) is 9.97 Å². The minimum absolute atomic E-state index is 0.284. The third-order valence-corrected chi connectivity index (χ3v) is 5.51. The normalized spacial score (nSPS) is 11.3. The highest BCUT2D eigenvalue weighted by atomic mass is 16.4. The molecule has 0 spiro atoms. The van der Waals surface area contributed by atoms with Crippen molar-refractivity contribution in [2.24, 2.45) is 0 Å². The van der Waals surface area contributed by atoms with Crippen molar-refractivity contribution in [1.82, 2.24) is 30.5 Å². The number of likely N-dealkylation sites (N-methyl/N-ethyl adjacent to an activating group) is 2. The van der Waals surface area contributed by atoms with Crippen molar-refractivity contribution < 1.29 is 4.42 Å². The zero-order chi connectivity index (χ0) is 24.1. The average Bonchev–Trinajstić information content (AvgIpc) is 3.38. The van der Waals surface area contributed by atoms with Gasteiger partial charge in [0.1, 0.15) is 5.69 Å². The third-order valence-electron chi connectivity index (χ3n) is 5.51. The number of anilines is 1. The first-order chi connectivity index (χ1) is 16.4. The van der Waals surface area contributed by atoms with Crippen LogP contribution >= 0.6 is 0 Å². The van der Waals surface area contributed by atoms with E-state index < -0.39 is 5.41 Å². The summed E-state index contributed by atoms with van der Waals surface area (Å²) in [5.41, 5.74) is 3.79. The number of hydrogen-bond donors (Lipinski definition) is 1. The van der Waals surface area contributed by atoms with Gasteiger partial charge in [-0.25, -0.2) is 4.98 Å². The number of aromatic nitrogens is 5. The molecule has 0 atom stereocenters. The maximum absolute atomic E-state index is 9.42. The quantitative estimate of drug-likeness (QED) is 0.425. The molecular formula is C25H26N8O. The van der Waals surface area contributed by atoms with Crippen LogP contribution in [0.5, 0.6) is 0 Å². The number of hydrogen-bond acceptors (Lipinski definition) is 9. The van der Waals surface area contributed by atoms with E-state index >= 15 is 0 Å². The molecule has 0 aliphatic rings. The lowest BCUT2D eigenvalue weighted by Crippen LogP contribution is -2.26. The summed E-state index contributed by atoms with van der Waals surface area (Å²) in [5, 5.41) is 20.9. The van der Waals surface area contributed by atoms with Crippen LogP contribution in [-0.4, -0.2) is 52.3 Å². The van der Waals surface area contributed by atoms with Gasteiger partial charge >= 0.3 is 0 Å². The summed E-state index contributed by atoms with van der Waals surface area (Å²) >= 11 is 0. The zero-order valence-electron chi connectivity index (χ0n) is 19.6. The summed E-state index contributed by atoms with van der Waals surface area (Å²) in [5.74, 6) is 0.694. The van der Waals surface area contributed by atoms with Gasteiger partial charge in [0.05, 0.1) is 35.3 Å². The number of rotatable bonds is 8.